The zero-order valence-electron chi connectivity index (χ0n) is 12.3. The van der Waals surface area contributed by atoms with E-state index in [4.69, 9.17) is 9.76 Å². The summed E-state index contributed by atoms with van der Waals surface area (Å²) >= 11 is 0. The van der Waals surface area contributed by atoms with Gasteiger partial charge in [-0.05, 0) is 18.1 Å². The van der Waals surface area contributed by atoms with Crippen LogP contribution in [0.3, 0.4) is 0 Å². The fourth-order valence-corrected chi connectivity index (χ4v) is 2.42. The quantitative estimate of drug-likeness (QED) is 0.704. The van der Waals surface area contributed by atoms with E-state index >= 15 is 0 Å². The summed E-state index contributed by atoms with van der Waals surface area (Å²) in [4.78, 5) is 23.0. The molecule has 0 aromatic heterocycles. The van der Waals surface area contributed by atoms with Crippen LogP contribution >= 0.6 is 0 Å². The topological polar surface area (TPSA) is 95.9 Å². The Bertz CT molecular complexity index is 613. The number of nitrogens with one attached hydrogen (secondary N) is 1. The van der Waals surface area contributed by atoms with Gasteiger partial charge < -0.3 is 20.1 Å². The zero-order valence-corrected chi connectivity index (χ0v) is 12.3. The Hall–Kier alpha value is -2.16. The van der Waals surface area contributed by atoms with Gasteiger partial charge in [-0.3, -0.25) is 4.79 Å². The summed E-state index contributed by atoms with van der Waals surface area (Å²) in [6, 6.07) is 4.49. The van der Waals surface area contributed by atoms with Crippen molar-refractivity contribution >= 4 is 19.0 Å². The first-order chi connectivity index (χ1) is 10.8. The Morgan fingerprint density at radius 1 is 1.48 bits per heavy atom. The Morgan fingerprint density at radius 2 is 2.17 bits per heavy atom. The van der Waals surface area contributed by atoms with Crippen molar-refractivity contribution in [3.8, 4) is 5.75 Å². The first kappa shape index (κ1) is 17.2. The molecule has 0 radical (unpaired) electrons. The van der Waals surface area contributed by atoms with E-state index in [1.165, 1.54) is 19.1 Å². The van der Waals surface area contributed by atoms with Gasteiger partial charge in [0.25, 0.3) is 0 Å². The summed E-state index contributed by atoms with van der Waals surface area (Å²) in [5, 5.41) is 21.5. The highest BCUT2D eigenvalue weighted by Gasteiger charge is 2.38. The van der Waals surface area contributed by atoms with E-state index in [1.54, 1.807) is 6.07 Å². The van der Waals surface area contributed by atoms with Gasteiger partial charge in [0.1, 0.15) is 5.75 Å². The molecule has 0 saturated heterocycles. The molecule has 124 valence electrons. The predicted molar refractivity (Wildman–Crippen MR) is 77.4 cm³/mol. The average Bonchev–Trinajstić information content (AvgIpc) is 2.46. The molecule has 0 fully saturated rings. The first-order valence-electron chi connectivity index (χ1n) is 7.08. The number of carboxylic acids is 1. The van der Waals surface area contributed by atoms with Gasteiger partial charge in [0.05, 0.1) is 11.5 Å². The fourth-order valence-electron chi connectivity index (χ4n) is 2.42. The van der Waals surface area contributed by atoms with Crippen LogP contribution in [0.15, 0.2) is 18.2 Å². The van der Waals surface area contributed by atoms with Crippen molar-refractivity contribution in [3.05, 3.63) is 29.3 Å². The highest BCUT2D eigenvalue weighted by atomic mass is 19.3. The normalized spacial score (nSPS) is 18.1. The molecule has 1 aliphatic rings. The van der Waals surface area contributed by atoms with Gasteiger partial charge in [0, 0.05) is 12.3 Å². The van der Waals surface area contributed by atoms with Gasteiger partial charge in [-0.25, -0.2) is 13.6 Å². The molecule has 1 amide bonds. The van der Waals surface area contributed by atoms with E-state index in [9.17, 15) is 23.4 Å². The number of halogens is 2. The van der Waals surface area contributed by atoms with E-state index in [-0.39, 0.29) is 17.7 Å². The Kier molecular flexibility index (Phi) is 5.20. The molecule has 0 aliphatic carbocycles. The number of alkyl halides is 2. The Morgan fingerprint density at radius 3 is 2.78 bits per heavy atom. The number of fused-ring (bicyclic) bond motifs is 1. The number of rotatable bonds is 5. The molecule has 1 unspecified atom stereocenters. The molecule has 0 bridgehead atoms. The van der Waals surface area contributed by atoms with Gasteiger partial charge in [-0.1, -0.05) is 19.1 Å². The lowest BCUT2D eigenvalue weighted by molar-refractivity contribution is -0.126. The number of para-hydroxylation sites is 1. The van der Waals surface area contributed by atoms with Crippen LogP contribution < -0.4 is 9.97 Å². The van der Waals surface area contributed by atoms with Crippen LogP contribution in [0.4, 0.5) is 8.78 Å². The number of amides is 1. The van der Waals surface area contributed by atoms with Crippen LogP contribution in [0.5, 0.6) is 5.75 Å². The van der Waals surface area contributed by atoms with Gasteiger partial charge in [-0.2, -0.15) is 0 Å². The van der Waals surface area contributed by atoms with Crippen LogP contribution in [0.25, 0.3) is 0 Å². The monoisotopic (exact) mass is 327 g/mol. The molecule has 1 aromatic rings. The van der Waals surface area contributed by atoms with Crippen molar-refractivity contribution < 1.29 is 33.2 Å². The van der Waals surface area contributed by atoms with Crippen molar-refractivity contribution in [1.82, 2.24) is 5.32 Å². The van der Waals surface area contributed by atoms with Crippen molar-refractivity contribution in [2.45, 2.75) is 32.1 Å². The maximum atomic E-state index is 12.3. The highest BCUT2D eigenvalue weighted by molar-refractivity contribution is 6.47. The molecule has 23 heavy (non-hydrogen) atoms. The van der Waals surface area contributed by atoms with Gasteiger partial charge in [0.15, 0.2) is 0 Å². The van der Waals surface area contributed by atoms with Crippen molar-refractivity contribution in [1.29, 1.82) is 0 Å². The molecule has 0 spiro atoms. The molecule has 1 aliphatic heterocycles. The molecule has 9 heteroatoms. The second-order valence-corrected chi connectivity index (χ2v) is 5.45. The van der Waals surface area contributed by atoms with Crippen LogP contribution in [-0.4, -0.2) is 41.5 Å². The lowest BCUT2D eigenvalue weighted by atomic mass is 9.72. The van der Waals surface area contributed by atoms with Crippen LogP contribution in [0.2, 0.25) is 0 Å². The van der Waals surface area contributed by atoms with E-state index in [1.807, 2.05) is 0 Å². The molecular formula is C14H16BF2NO5. The maximum absolute atomic E-state index is 12.3. The minimum absolute atomic E-state index is 0.0543. The number of hydrogen-bond acceptors (Lipinski definition) is 4. The Balaban J connectivity index is 2.11. The summed E-state index contributed by atoms with van der Waals surface area (Å²) in [7, 11) is -1.45. The minimum Gasteiger partial charge on any atom is -0.534 e. The van der Waals surface area contributed by atoms with E-state index in [0.717, 1.165) is 0 Å². The molecule has 2 atom stereocenters. The zero-order chi connectivity index (χ0) is 17.1. The third-order valence-electron chi connectivity index (χ3n) is 3.66. The Labute approximate surface area is 131 Å². The summed E-state index contributed by atoms with van der Waals surface area (Å²) in [5.74, 6) is -3.50. The molecular weight excluding hydrogens is 311 g/mol. The molecule has 1 heterocycles. The molecule has 1 aromatic carbocycles. The lowest BCUT2D eigenvalue weighted by Crippen LogP contribution is -2.54. The van der Waals surface area contributed by atoms with Crippen molar-refractivity contribution in [2.75, 3.05) is 0 Å². The van der Waals surface area contributed by atoms with Gasteiger partial charge in [-0.15, -0.1) is 0 Å². The number of hydrogen-bond donors (Lipinski definition) is 3. The summed E-state index contributed by atoms with van der Waals surface area (Å²) < 4.78 is 29.8. The van der Waals surface area contributed by atoms with Gasteiger partial charge in [0.2, 0.25) is 12.3 Å². The van der Waals surface area contributed by atoms with Crippen LogP contribution in [0.1, 0.15) is 29.3 Å². The summed E-state index contributed by atoms with van der Waals surface area (Å²) in [6.07, 6.45) is -3.03. The summed E-state index contributed by atoms with van der Waals surface area (Å²) in [6.45, 7) is 1.37. The van der Waals surface area contributed by atoms with Crippen LogP contribution in [0, 0.1) is 5.92 Å². The maximum Gasteiger partial charge on any atom is 0.547 e. The van der Waals surface area contributed by atoms with E-state index < -0.39 is 43.7 Å². The summed E-state index contributed by atoms with van der Waals surface area (Å²) in [5.41, 5.74) is 0.430. The third kappa shape index (κ3) is 3.98. The average molecular weight is 327 g/mol. The second-order valence-electron chi connectivity index (χ2n) is 5.45. The molecule has 0 saturated carbocycles. The van der Waals surface area contributed by atoms with E-state index in [0.29, 0.717) is 5.56 Å². The molecule has 6 nitrogen and oxygen atoms in total. The van der Waals surface area contributed by atoms with Gasteiger partial charge >= 0.3 is 13.1 Å². The minimum atomic E-state index is -2.60. The largest absolute Gasteiger partial charge is 0.547 e. The first-order valence-corrected chi connectivity index (χ1v) is 7.08. The van der Waals surface area contributed by atoms with Crippen molar-refractivity contribution in [3.63, 3.8) is 0 Å². The number of carboxylic acid groups (broad SMARTS) is 1. The third-order valence-corrected chi connectivity index (χ3v) is 3.66. The fraction of sp³-hybridized carbons (Fsp3) is 0.429. The molecule has 2 rings (SSSR count). The number of carbonyl (C=O) groups is 2. The van der Waals surface area contributed by atoms with Crippen LogP contribution in [-0.2, 0) is 11.2 Å². The standard InChI is InChI=1S/C14H16BF2NO5/c1-7(5-11(16)17)13(19)18-10-6-8-3-2-4-9(14(20)21)12(8)23-15(10)22/h2-4,7,10-11,22H,5-6H2,1H3,(H,18,19)(H,20,21)/t7?,10-/m0/s1. The number of carbonyl (C=O) groups excluding carboxylic acids is 1. The highest BCUT2D eigenvalue weighted by Crippen LogP contribution is 2.30. The smallest absolute Gasteiger partial charge is 0.534 e. The molecule has 3 N–H and O–H groups in total. The second kappa shape index (κ2) is 6.95. The number of aromatic carboxylic acids is 1. The lowest BCUT2D eigenvalue weighted by Gasteiger charge is -2.29. The number of benzene rings is 1. The van der Waals surface area contributed by atoms with E-state index in [2.05, 4.69) is 5.32 Å². The van der Waals surface area contributed by atoms with Crippen molar-refractivity contribution in [2.24, 2.45) is 5.92 Å². The predicted octanol–water partition coefficient (Wildman–Crippen LogP) is 1.12. The SMILES string of the molecule is CC(CC(F)F)C(=O)N[C@H]1Cc2cccc(C(=O)O)c2OB1O.